The minimum atomic E-state index is -0.0735. The van der Waals surface area contributed by atoms with Gasteiger partial charge in [-0.25, -0.2) is 0 Å². The highest BCUT2D eigenvalue weighted by Gasteiger charge is 2.48. The van der Waals surface area contributed by atoms with E-state index in [4.69, 9.17) is 4.42 Å². The van der Waals surface area contributed by atoms with E-state index in [1.165, 1.54) is 64.4 Å². The number of nitriles is 1. The van der Waals surface area contributed by atoms with Crippen molar-refractivity contribution in [3.8, 4) is 22.9 Å². The third-order valence-corrected chi connectivity index (χ3v) is 13.9. The van der Waals surface area contributed by atoms with Gasteiger partial charge in [0.2, 0.25) is 0 Å². The van der Waals surface area contributed by atoms with E-state index in [0.717, 1.165) is 56.1 Å². The monoisotopic (exact) mass is 754 g/mol. The zero-order valence-electron chi connectivity index (χ0n) is 30.8. The number of nitrogens with zero attached hydrogens (tertiary/aromatic N) is 4. The highest BCUT2D eigenvalue weighted by molar-refractivity contribution is 7.33. The first-order chi connectivity index (χ1) is 28.7. The molecule has 14 rings (SSSR count). The van der Waals surface area contributed by atoms with Gasteiger partial charge in [0.15, 0.2) is 0 Å². The summed E-state index contributed by atoms with van der Waals surface area (Å²) < 4.78 is 11.5. The topological polar surface area (TPSA) is 48.3 Å². The molecular weight excluding hydrogens is 727 g/mol. The zero-order chi connectivity index (χ0) is 37.8. The molecule has 11 aromatic rings. The number of benzene rings is 8. The van der Waals surface area contributed by atoms with E-state index in [0.29, 0.717) is 5.56 Å². The third-order valence-electron chi connectivity index (χ3n) is 12.7. The molecule has 0 radical (unpaired) electrons. The zero-order valence-corrected chi connectivity index (χ0v) is 31.6. The summed E-state index contributed by atoms with van der Waals surface area (Å²) in [5.74, 6) is 0. The molecule has 0 amide bonds. The van der Waals surface area contributed by atoms with E-state index in [-0.39, 0.29) is 6.71 Å². The summed E-state index contributed by atoms with van der Waals surface area (Å²) >= 11 is 1.89. The molecule has 0 unspecified atom stereocenters. The largest absolute Gasteiger partial charge is 0.456 e. The van der Waals surface area contributed by atoms with Crippen LogP contribution in [-0.2, 0) is 0 Å². The number of furan rings is 1. The first-order valence-corrected chi connectivity index (χ1v) is 20.4. The highest BCUT2D eigenvalue weighted by atomic mass is 32.1. The standard InChI is InChI=1S/C51H27BN4OS/c53-28-29-25-41-47-42(26-29)56-39-19-8-15-33-32-13-4-6-17-37(32)54(48(33)39)40-20-9-16-36(50(40)56)52(47)51-49(35-27-31(23-24-45(35)58-51)30-11-2-1-3-12-30)55(41)38-18-10-22-44-46(38)34-14-5-7-21-43(34)57-44/h1-27H. The van der Waals surface area contributed by atoms with Crippen LogP contribution in [0.1, 0.15) is 5.56 Å². The molecule has 0 saturated carbocycles. The summed E-state index contributed by atoms with van der Waals surface area (Å²) in [6.45, 7) is -0.0735. The SMILES string of the molecule is N#Cc1cc2c3c(c1)N1c4c(cccc4-n4c5ccccc5c5cccc1c54)B3c1sc3ccc(-c4ccccc4)cc3c1N2c1cccc2oc3ccccc3c12. The van der Waals surface area contributed by atoms with Crippen LogP contribution < -0.4 is 25.5 Å². The predicted molar refractivity (Wildman–Crippen MR) is 241 cm³/mol. The number of hydrogen-bond donors (Lipinski definition) is 0. The molecular formula is C51H27BN4OS. The number of rotatable bonds is 2. The van der Waals surface area contributed by atoms with Crippen LogP contribution in [0.3, 0.4) is 0 Å². The number of aromatic nitrogens is 1. The van der Waals surface area contributed by atoms with E-state index < -0.39 is 0 Å². The van der Waals surface area contributed by atoms with Gasteiger partial charge in [0.25, 0.3) is 6.71 Å². The molecule has 266 valence electrons. The minimum absolute atomic E-state index is 0.0735. The molecule has 3 aliphatic rings. The van der Waals surface area contributed by atoms with Gasteiger partial charge in [-0.15, -0.1) is 11.3 Å². The van der Waals surface area contributed by atoms with Crippen molar-refractivity contribution in [2.75, 3.05) is 9.80 Å². The van der Waals surface area contributed by atoms with Crippen molar-refractivity contribution in [3.63, 3.8) is 0 Å². The van der Waals surface area contributed by atoms with Gasteiger partial charge in [0, 0.05) is 42.4 Å². The Balaban J connectivity index is 1.16. The lowest BCUT2D eigenvalue weighted by molar-refractivity contribution is 0.669. The summed E-state index contributed by atoms with van der Waals surface area (Å²) in [5, 5.41) is 16.7. The number of para-hydroxylation sites is 4. The molecule has 3 aromatic heterocycles. The van der Waals surface area contributed by atoms with Crippen molar-refractivity contribution >= 4 is 122 Å². The van der Waals surface area contributed by atoms with Crippen molar-refractivity contribution in [3.05, 3.63) is 169 Å². The number of thiophene rings is 1. The number of anilines is 6. The van der Waals surface area contributed by atoms with Gasteiger partial charge in [-0.3, -0.25) is 0 Å². The van der Waals surface area contributed by atoms with Crippen LogP contribution in [-0.4, -0.2) is 11.3 Å². The summed E-state index contributed by atoms with van der Waals surface area (Å²) in [6.07, 6.45) is 0. The highest BCUT2D eigenvalue weighted by Crippen LogP contribution is 2.54. The van der Waals surface area contributed by atoms with Gasteiger partial charge in [-0.2, -0.15) is 5.26 Å². The fourth-order valence-electron chi connectivity index (χ4n) is 10.4. The van der Waals surface area contributed by atoms with Gasteiger partial charge >= 0.3 is 0 Å². The van der Waals surface area contributed by atoms with Crippen molar-refractivity contribution in [2.45, 2.75) is 0 Å². The first kappa shape index (κ1) is 30.7. The van der Waals surface area contributed by atoms with Crippen molar-refractivity contribution in [1.82, 2.24) is 4.57 Å². The van der Waals surface area contributed by atoms with Gasteiger partial charge in [0.05, 0.1) is 56.5 Å². The maximum absolute atomic E-state index is 10.9. The van der Waals surface area contributed by atoms with E-state index in [1.807, 2.05) is 23.5 Å². The second kappa shape index (κ2) is 10.9. The molecule has 0 spiro atoms. The van der Waals surface area contributed by atoms with Gasteiger partial charge in [0.1, 0.15) is 11.2 Å². The Morgan fingerprint density at radius 1 is 0.534 bits per heavy atom. The molecule has 0 bridgehead atoms. The lowest BCUT2D eigenvalue weighted by Gasteiger charge is -2.45. The molecule has 3 aliphatic heterocycles. The van der Waals surface area contributed by atoms with Crippen molar-refractivity contribution in [1.29, 1.82) is 5.26 Å². The molecule has 58 heavy (non-hydrogen) atoms. The van der Waals surface area contributed by atoms with E-state index in [1.54, 1.807) is 0 Å². The van der Waals surface area contributed by atoms with E-state index in [9.17, 15) is 5.26 Å². The average Bonchev–Trinajstić information content (AvgIpc) is 3.96. The molecule has 7 heteroatoms. The Morgan fingerprint density at radius 3 is 2.12 bits per heavy atom. The van der Waals surface area contributed by atoms with Gasteiger partial charge in [-0.1, -0.05) is 103 Å². The van der Waals surface area contributed by atoms with Crippen molar-refractivity contribution in [2.24, 2.45) is 0 Å². The quantitative estimate of drug-likeness (QED) is 0.165. The Morgan fingerprint density at radius 2 is 1.24 bits per heavy atom. The molecule has 0 aliphatic carbocycles. The molecule has 0 atom stereocenters. The third kappa shape index (κ3) is 3.72. The molecule has 0 N–H and O–H groups in total. The van der Waals surface area contributed by atoms with Crippen LogP contribution in [0.4, 0.5) is 34.1 Å². The minimum Gasteiger partial charge on any atom is -0.456 e. The summed E-state index contributed by atoms with van der Waals surface area (Å²) in [5.41, 5.74) is 17.2. The van der Waals surface area contributed by atoms with Crippen LogP contribution in [0.15, 0.2) is 168 Å². The van der Waals surface area contributed by atoms with Crippen molar-refractivity contribution < 1.29 is 4.42 Å². The summed E-state index contributed by atoms with van der Waals surface area (Å²) in [7, 11) is 0. The molecule has 0 fully saturated rings. The second-order valence-electron chi connectivity index (χ2n) is 15.5. The van der Waals surface area contributed by atoms with Gasteiger partial charge in [-0.05, 0) is 82.7 Å². The smallest absolute Gasteiger partial charge is 0.264 e. The fraction of sp³-hybridized carbons (Fsp3) is 0. The van der Waals surface area contributed by atoms with Crippen LogP contribution >= 0.6 is 11.3 Å². The molecule has 0 saturated heterocycles. The first-order valence-electron chi connectivity index (χ1n) is 19.6. The summed E-state index contributed by atoms with van der Waals surface area (Å²) in [4.78, 5) is 4.92. The Hall–Kier alpha value is -7.53. The maximum atomic E-state index is 10.9. The normalized spacial score (nSPS) is 13.4. The van der Waals surface area contributed by atoms with Crippen LogP contribution in [0, 0.1) is 11.3 Å². The molecule has 8 aromatic carbocycles. The number of fused-ring (bicyclic) bond motifs is 14. The lowest BCUT2D eigenvalue weighted by Crippen LogP contribution is -2.61. The number of hydrogen-bond acceptors (Lipinski definition) is 5. The van der Waals surface area contributed by atoms with Crippen LogP contribution in [0.5, 0.6) is 0 Å². The average molecular weight is 755 g/mol. The predicted octanol–water partition coefficient (Wildman–Crippen LogP) is 11.8. The van der Waals surface area contributed by atoms with Crippen LogP contribution in [0.2, 0.25) is 0 Å². The maximum Gasteiger partial charge on any atom is 0.264 e. The Bertz CT molecular complexity index is 3680. The van der Waals surface area contributed by atoms with Gasteiger partial charge < -0.3 is 18.8 Å². The second-order valence-corrected chi connectivity index (χ2v) is 16.6. The van der Waals surface area contributed by atoms with Crippen LogP contribution in [0.25, 0.3) is 70.6 Å². The lowest BCUT2D eigenvalue weighted by atomic mass is 9.36. The molecule has 6 heterocycles. The Labute approximate surface area is 336 Å². The Kier molecular flexibility index (Phi) is 5.74. The molecule has 5 nitrogen and oxygen atoms in total. The van der Waals surface area contributed by atoms with E-state index in [2.05, 4.69) is 172 Å². The van der Waals surface area contributed by atoms with E-state index >= 15 is 0 Å². The fourth-order valence-corrected chi connectivity index (χ4v) is 11.7. The summed E-state index contributed by atoms with van der Waals surface area (Å²) in [6, 6.07) is 61.4.